The molecular weight excluding hydrogens is 530 g/mol. The van der Waals surface area contributed by atoms with Gasteiger partial charge in [-0.15, -0.1) is 0 Å². The van der Waals surface area contributed by atoms with E-state index in [1.54, 1.807) is 19.4 Å². The Morgan fingerprint density at radius 2 is 1.88 bits per heavy atom. The number of amides is 1. The number of piperazine rings is 1. The van der Waals surface area contributed by atoms with Gasteiger partial charge in [-0.1, -0.05) is 33.3 Å². The first-order valence-corrected chi connectivity index (χ1v) is 14.9. The zero-order valence-electron chi connectivity index (χ0n) is 26.5. The Hall–Kier alpha value is -3.73. The highest BCUT2D eigenvalue weighted by molar-refractivity contribution is 5.92. The van der Waals surface area contributed by atoms with Gasteiger partial charge in [0.2, 0.25) is 0 Å². The van der Waals surface area contributed by atoms with Crippen LogP contribution in [-0.2, 0) is 12.5 Å². The maximum Gasteiger partial charge on any atom is 0.290 e. The summed E-state index contributed by atoms with van der Waals surface area (Å²) in [6.45, 7) is 14.6. The number of aryl methyl sites for hydroxylation is 1. The molecule has 2 N–H and O–H groups in total. The molecule has 0 aromatic carbocycles. The maximum atomic E-state index is 13.2. The third-order valence-corrected chi connectivity index (χ3v) is 8.09. The van der Waals surface area contributed by atoms with Gasteiger partial charge in [0.15, 0.2) is 5.82 Å². The van der Waals surface area contributed by atoms with Gasteiger partial charge in [-0.05, 0) is 39.3 Å². The van der Waals surface area contributed by atoms with Crippen LogP contribution in [0.2, 0.25) is 0 Å². The monoisotopic (exact) mass is 577 g/mol. The van der Waals surface area contributed by atoms with Gasteiger partial charge in [0.1, 0.15) is 11.4 Å². The lowest BCUT2D eigenvalue weighted by Crippen LogP contribution is -2.48. The van der Waals surface area contributed by atoms with Crippen molar-refractivity contribution in [3.63, 3.8) is 0 Å². The number of carbonyl (C=O) groups excluding carboxylic acids is 1. The van der Waals surface area contributed by atoms with Gasteiger partial charge in [-0.25, -0.2) is 9.67 Å². The minimum absolute atomic E-state index is 0.0767. The Bertz CT molecular complexity index is 1390. The van der Waals surface area contributed by atoms with Crippen molar-refractivity contribution in [2.24, 2.45) is 7.05 Å². The van der Waals surface area contributed by atoms with Crippen molar-refractivity contribution in [1.82, 2.24) is 34.9 Å². The van der Waals surface area contributed by atoms with E-state index >= 15 is 0 Å². The van der Waals surface area contributed by atoms with E-state index in [0.29, 0.717) is 23.7 Å². The molecule has 0 aliphatic carbocycles. The molecular formula is C31H47N9O2. The molecule has 0 radical (unpaired) electrons. The molecule has 4 rings (SSSR count). The van der Waals surface area contributed by atoms with Gasteiger partial charge in [-0.3, -0.25) is 19.5 Å². The first-order valence-electron chi connectivity index (χ1n) is 14.9. The van der Waals surface area contributed by atoms with E-state index in [2.05, 4.69) is 95.2 Å². The number of rotatable bonds is 7. The van der Waals surface area contributed by atoms with Gasteiger partial charge >= 0.3 is 0 Å². The van der Waals surface area contributed by atoms with E-state index in [4.69, 9.17) is 0 Å². The maximum absolute atomic E-state index is 13.2. The lowest BCUT2D eigenvalue weighted by molar-refractivity contribution is 0.0927. The topological polar surface area (TPSA) is 112 Å². The summed E-state index contributed by atoms with van der Waals surface area (Å²) in [7, 11) is 5.92. The summed E-state index contributed by atoms with van der Waals surface area (Å²) in [4.78, 5) is 41.7. The highest BCUT2D eigenvalue weighted by Crippen LogP contribution is 2.23. The predicted molar refractivity (Wildman–Crippen MR) is 168 cm³/mol. The van der Waals surface area contributed by atoms with Crippen LogP contribution in [0.15, 0.2) is 46.3 Å². The summed E-state index contributed by atoms with van der Waals surface area (Å²) in [6, 6.07) is 1.76. The summed E-state index contributed by atoms with van der Waals surface area (Å²) in [5.74, 6) is 0.463. The van der Waals surface area contributed by atoms with Crippen molar-refractivity contribution in [2.75, 3.05) is 57.0 Å². The fourth-order valence-corrected chi connectivity index (χ4v) is 5.10. The van der Waals surface area contributed by atoms with Crippen LogP contribution in [0, 0.1) is 0 Å². The largest absolute Gasteiger partial charge is 0.375 e. The number of nitrogens with one attached hydrogen (secondary N) is 2. The summed E-state index contributed by atoms with van der Waals surface area (Å²) in [5.41, 5.74) is 4.62. The molecule has 2 aliphatic heterocycles. The molecule has 0 bridgehead atoms. The van der Waals surface area contributed by atoms with Gasteiger partial charge in [-0.2, -0.15) is 5.10 Å². The number of likely N-dealkylation sites (N-methyl/N-ethyl adjacent to an activating group) is 2. The van der Waals surface area contributed by atoms with E-state index in [0.717, 1.165) is 56.8 Å². The number of allylic oxidation sites excluding steroid dienone is 2. The zero-order valence-corrected chi connectivity index (χ0v) is 26.5. The third kappa shape index (κ3) is 7.56. The normalized spacial score (nSPS) is 20.0. The van der Waals surface area contributed by atoms with Crippen LogP contribution < -0.4 is 21.1 Å². The van der Waals surface area contributed by atoms with Crippen molar-refractivity contribution in [3.8, 4) is 0 Å². The fourth-order valence-electron chi connectivity index (χ4n) is 5.10. The Balaban J connectivity index is 1.52. The molecule has 0 unspecified atom stereocenters. The SMILES string of the molecule is CCC(C)=C(/C=C1/CN(C)CCN1C)Nc1cc(N2CCC[C@@H](NC(=O)c3cnc(C(C)(C)C)cn3)C2)nn(C)c1=O. The van der Waals surface area contributed by atoms with E-state index in [1.807, 2.05) is 6.07 Å². The molecule has 2 aliphatic rings. The lowest BCUT2D eigenvalue weighted by atomic mass is 9.93. The first-order chi connectivity index (χ1) is 19.8. The zero-order chi connectivity index (χ0) is 30.6. The second-order valence-electron chi connectivity index (χ2n) is 12.6. The summed E-state index contributed by atoms with van der Waals surface area (Å²) < 4.78 is 1.39. The standard InChI is InChI=1S/C31H47N9O2/c1-9-21(2)24(15-23-20-37(6)13-14-38(23)7)35-25-16-28(36-39(8)30(25)42)40-12-10-11-22(19-40)34-29(41)26-17-33-27(18-32-26)31(3,4)5/h15-18,22,35H,9-14,19-20H2,1-8H3,(H,34,41)/b23-15-,24-21?/t22-/m1/s1. The Kier molecular flexibility index (Phi) is 9.71. The van der Waals surface area contributed by atoms with Crippen molar-refractivity contribution < 1.29 is 4.79 Å². The molecule has 1 amide bonds. The third-order valence-electron chi connectivity index (χ3n) is 8.09. The van der Waals surface area contributed by atoms with Crippen LogP contribution in [0.5, 0.6) is 0 Å². The number of piperidine rings is 1. The Labute approximate surface area is 249 Å². The predicted octanol–water partition coefficient (Wildman–Crippen LogP) is 3.12. The Morgan fingerprint density at radius 1 is 1.12 bits per heavy atom. The average Bonchev–Trinajstić information content (AvgIpc) is 2.96. The van der Waals surface area contributed by atoms with Crippen LogP contribution in [0.4, 0.5) is 11.5 Å². The van der Waals surface area contributed by atoms with E-state index in [1.165, 1.54) is 16.0 Å². The first kappa shape index (κ1) is 31.2. The second-order valence-corrected chi connectivity index (χ2v) is 12.6. The molecule has 2 aromatic heterocycles. The molecule has 228 valence electrons. The summed E-state index contributed by atoms with van der Waals surface area (Å²) in [6.07, 6.45) is 7.99. The molecule has 0 saturated carbocycles. The molecule has 11 nitrogen and oxygen atoms in total. The lowest BCUT2D eigenvalue weighted by Gasteiger charge is -2.34. The number of aromatic nitrogens is 4. The number of anilines is 2. The van der Waals surface area contributed by atoms with E-state index in [9.17, 15) is 9.59 Å². The van der Waals surface area contributed by atoms with Crippen molar-refractivity contribution in [3.05, 3.63) is 63.2 Å². The molecule has 2 saturated heterocycles. The van der Waals surface area contributed by atoms with Crippen molar-refractivity contribution in [1.29, 1.82) is 0 Å². The number of hydrogen-bond acceptors (Lipinski definition) is 9. The van der Waals surface area contributed by atoms with Gasteiger partial charge in [0, 0.05) is 81.9 Å². The quantitative estimate of drug-likeness (QED) is 0.513. The number of nitrogens with zero attached hydrogens (tertiary/aromatic N) is 7. The molecule has 11 heteroatoms. The van der Waals surface area contributed by atoms with Crippen molar-refractivity contribution in [2.45, 2.75) is 65.3 Å². The van der Waals surface area contributed by atoms with Gasteiger partial charge < -0.3 is 20.4 Å². The molecule has 42 heavy (non-hydrogen) atoms. The summed E-state index contributed by atoms with van der Waals surface area (Å²) >= 11 is 0. The number of hydrogen-bond donors (Lipinski definition) is 2. The summed E-state index contributed by atoms with van der Waals surface area (Å²) in [5, 5.41) is 11.2. The van der Waals surface area contributed by atoms with Crippen LogP contribution in [0.25, 0.3) is 0 Å². The highest BCUT2D eigenvalue weighted by Gasteiger charge is 2.25. The minimum atomic E-state index is -0.234. The van der Waals surface area contributed by atoms with E-state index in [-0.39, 0.29) is 22.9 Å². The minimum Gasteiger partial charge on any atom is -0.375 e. The molecule has 2 fully saturated rings. The molecule has 4 heterocycles. The molecule has 1 atom stereocenters. The average molecular weight is 578 g/mol. The number of carbonyl (C=O) groups is 1. The van der Waals surface area contributed by atoms with Gasteiger partial charge in [0.25, 0.3) is 11.5 Å². The molecule has 0 spiro atoms. The van der Waals surface area contributed by atoms with Crippen LogP contribution in [0.3, 0.4) is 0 Å². The smallest absolute Gasteiger partial charge is 0.290 e. The second kappa shape index (κ2) is 13.1. The van der Waals surface area contributed by atoms with Crippen LogP contribution >= 0.6 is 0 Å². The Morgan fingerprint density at radius 3 is 2.55 bits per heavy atom. The highest BCUT2D eigenvalue weighted by atomic mass is 16.2. The van der Waals surface area contributed by atoms with E-state index < -0.39 is 0 Å². The van der Waals surface area contributed by atoms with Crippen LogP contribution in [0.1, 0.15) is 70.1 Å². The van der Waals surface area contributed by atoms with Gasteiger partial charge in [0.05, 0.1) is 11.9 Å². The van der Waals surface area contributed by atoms with Crippen LogP contribution in [-0.4, -0.2) is 88.3 Å². The van der Waals surface area contributed by atoms with Crippen molar-refractivity contribution >= 4 is 17.4 Å². The fraction of sp³-hybridized carbons (Fsp3) is 0.581. The molecule has 2 aromatic rings.